The molecule has 1 aliphatic rings. The third-order valence-corrected chi connectivity index (χ3v) is 3.59. The maximum Gasteiger partial charge on any atom is 0.222 e. The van der Waals surface area contributed by atoms with E-state index in [4.69, 9.17) is 5.73 Å². The number of nitrogens with one attached hydrogen (secondary N) is 1. The molecule has 20 heavy (non-hydrogen) atoms. The van der Waals surface area contributed by atoms with E-state index in [1.54, 1.807) is 6.20 Å². The van der Waals surface area contributed by atoms with Crippen LogP contribution in [0, 0.1) is 0 Å². The molecular weight excluding hydrogens is 254 g/mol. The van der Waals surface area contributed by atoms with Gasteiger partial charge >= 0.3 is 0 Å². The maximum atomic E-state index is 12.0. The Hall–Kier alpha value is -1.69. The van der Waals surface area contributed by atoms with Gasteiger partial charge < -0.3 is 16.0 Å². The van der Waals surface area contributed by atoms with Crippen LogP contribution in [0.5, 0.6) is 0 Å². The van der Waals surface area contributed by atoms with Gasteiger partial charge in [0, 0.05) is 37.8 Å². The molecule has 1 saturated heterocycles. The molecule has 1 amide bonds. The molecule has 0 bridgehead atoms. The molecule has 1 aliphatic heterocycles. The Morgan fingerprint density at radius 1 is 1.55 bits per heavy atom. The quantitative estimate of drug-likeness (QED) is 0.839. The Kier molecular flexibility index (Phi) is 5.29. The molecular formula is C14H23N5O. The molecule has 0 aromatic carbocycles. The van der Waals surface area contributed by atoms with Crippen molar-refractivity contribution in [3.8, 4) is 0 Å². The summed E-state index contributed by atoms with van der Waals surface area (Å²) in [5.74, 6) is 1.02. The molecule has 0 spiro atoms. The average molecular weight is 277 g/mol. The van der Waals surface area contributed by atoms with E-state index >= 15 is 0 Å². The van der Waals surface area contributed by atoms with Crippen LogP contribution in [-0.4, -0.2) is 46.2 Å². The number of piperidine rings is 1. The lowest BCUT2D eigenvalue weighted by Crippen LogP contribution is -2.42. The molecule has 0 aliphatic carbocycles. The van der Waals surface area contributed by atoms with Crippen LogP contribution in [0.1, 0.15) is 32.6 Å². The van der Waals surface area contributed by atoms with E-state index in [0.29, 0.717) is 12.5 Å². The van der Waals surface area contributed by atoms with Crippen LogP contribution in [0.3, 0.4) is 0 Å². The number of likely N-dealkylation sites (tertiary alicyclic amines) is 1. The van der Waals surface area contributed by atoms with Gasteiger partial charge in [-0.15, -0.1) is 5.10 Å². The van der Waals surface area contributed by atoms with Gasteiger partial charge in [-0.3, -0.25) is 4.79 Å². The van der Waals surface area contributed by atoms with Gasteiger partial charge in [-0.05, 0) is 38.3 Å². The second kappa shape index (κ2) is 7.19. The van der Waals surface area contributed by atoms with Crippen molar-refractivity contribution < 1.29 is 4.79 Å². The molecule has 1 fully saturated rings. The third kappa shape index (κ3) is 4.45. The Morgan fingerprint density at radius 3 is 2.90 bits per heavy atom. The normalized spacial score (nSPS) is 17.8. The largest absolute Gasteiger partial charge is 0.366 e. The van der Waals surface area contributed by atoms with Crippen LogP contribution in [-0.2, 0) is 4.79 Å². The fraction of sp³-hybridized carbons (Fsp3) is 0.643. The number of carbonyl (C=O) groups is 1. The smallest absolute Gasteiger partial charge is 0.222 e. The number of anilines is 1. The molecule has 1 aromatic heterocycles. The first-order valence-electron chi connectivity index (χ1n) is 7.22. The van der Waals surface area contributed by atoms with Crippen molar-refractivity contribution >= 4 is 11.7 Å². The Bertz CT molecular complexity index is 415. The van der Waals surface area contributed by atoms with Crippen LogP contribution < -0.4 is 11.1 Å². The van der Waals surface area contributed by atoms with Gasteiger partial charge in [-0.1, -0.05) is 0 Å². The Balaban J connectivity index is 1.73. The summed E-state index contributed by atoms with van der Waals surface area (Å²) in [4.78, 5) is 13.9. The summed E-state index contributed by atoms with van der Waals surface area (Å²) in [7, 11) is 0. The fourth-order valence-corrected chi connectivity index (χ4v) is 2.37. The molecule has 0 radical (unpaired) electrons. The molecule has 3 N–H and O–H groups in total. The van der Waals surface area contributed by atoms with E-state index < -0.39 is 0 Å². The number of hydrogen-bond acceptors (Lipinski definition) is 5. The van der Waals surface area contributed by atoms with E-state index in [0.717, 1.165) is 38.2 Å². The topological polar surface area (TPSA) is 84.1 Å². The number of carbonyl (C=O) groups excluding carboxylic acids is 1. The minimum absolute atomic E-state index is 0.0924. The minimum Gasteiger partial charge on any atom is -0.366 e. The van der Waals surface area contributed by atoms with Crippen molar-refractivity contribution in [1.82, 2.24) is 15.1 Å². The summed E-state index contributed by atoms with van der Waals surface area (Å²) in [6.07, 6.45) is 4.86. The highest BCUT2D eigenvalue weighted by Crippen LogP contribution is 2.15. The van der Waals surface area contributed by atoms with E-state index in [1.807, 2.05) is 24.0 Å². The lowest BCUT2D eigenvalue weighted by molar-refractivity contribution is -0.132. The van der Waals surface area contributed by atoms with E-state index in [9.17, 15) is 4.79 Å². The van der Waals surface area contributed by atoms with Crippen LogP contribution in [0.25, 0.3) is 0 Å². The first-order chi connectivity index (χ1) is 9.65. The monoisotopic (exact) mass is 277 g/mol. The second-order valence-electron chi connectivity index (χ2n) is 5.42. The zero-order valence-electron chi connectivity index (χ0n) is 12.0. The fourth-order valence-electron chi connectivity index (χ4n) is 2.37. The van der Waals surface area contributed by atoms with Gasteiger partial charge in [0.05, 0.1) is 0 Å². The highest BCUT2D eigenvalue weighted by atomic mass is 16.2. The van der Waals surface area contributed by atoms with Gasteiger partial charge in [-0.2, -0.15) is 5.10 Å². The average Bonchev–Trinajstić information content (AvgIpc) is 2.46. The Labute approximate surface area is 119 Å². The summed E-state index contributed by atoms with van der Waals surface area (Å²) in [6.45, 7) is 3.54. The highest BCUT2D eigenvalue weighted by molar-refractivity contribution is 5.76. The molecule has 1 atom stereocenters. The minimum atomic E-state index is 0.0924. The predicted molar refractivity (Wildman–Crippen MR) is 78.1 cm³/mol. The van der Waals surface area contributed by atoms with Crippen LogP contribution in [0.4, 0.5) is 5.82 Å². The number of aromatic nitrogens is 2. The number of rotatable bonds is 5. The number of nitrogens with zero attached hydrogens (tertiary/aromatic N) is 3. The van der Waals surface area contributed by atoms with Crippen LogP contribution in [0.15, 0.2) is 18.3 Å². The number of amides is 1. The van der Waals surface area contributed by atoms with Crippen molar-refractivity contribution in [2.45, 2.75) is 44.7 Å². The van der Waals surface area contributed by atoms with Gasteiger partial charge in [0.2, 0.25) is 5.91 Å². The zero-order valence-corrected chi connectivity index (χ0v) is 12.0. The number of nitrogens with two attached hydrogens (primary N) is 1. The lowest BCUT2D eigenvalue weighted by Gasteiger charge is -2.32. The molecule has 1 unspecified atom stereocenters. The third-order valence-electron chi connectivity index (χ3n) is 3.59. The van der Waals surface area contributed by atoms with Crippen molar-refractivity contribution in [2.75, 3.05) is 18.4 Å². The molecule has 6 heteroatoms. The summed E-state index contributed by atoms with van der Waals surface area (Å²) in [5, 5.41) is 11.2. The summed E-state index contributed by atoms with van der Waals surface area (Å²) in [6, 6.07) is 4.23. The maximum absolute atomic E-state index is 12.0. The van der Waals surface area contributed by atoms with Crippen molar-refractivity contribution in [3.05, 3.63) is 18.3 Å². The van der Waals surface area contributed by atoms with Crippen molar-refractivity contribution in [1.29, 1.82) is 0 Å². The molecule has 110 valence electrons. The molecule has 0 saturated carbocycles. The lowest BCUT2D eigenvalue weighted by atomic mass is 10.0. The van der Waals surface area contributed by atoms with E-state index in [-0.39, 0.29) is 11.9 Å². The summed E-state index contributed by atoms with van der Waals surface area (Å²) < 4.78 is 0. The first-order valence-corrected chi connectivity index (χ1v) is 7.22. The predicted octanol–water partition coefficient (Wildman–Crippen LogP) is 1.01. The number of hydrogen-bond donors (Lipinski definition) is 2. The SMILES string of the molecule is CC(N)CCC(=O)N1CCC(Nc2cccnn2)CC1. The van der Waals surface area contributed by atoms with Gasteiger partial charge in [-0.25, -0.2) is 0 Å². The second-order valence-corrected chi connectivity index (χ2v) is 5.42. The summed E-state index contributed by atoms with van der Waals surface area (Å²) >= 11 is 0. The van der Waals surface area contributed by atoms with E-state index in [2.05, 4.69) is 15.5 Å². The van der Waals surface area contributed by atoms with Crippen molar-refractivity contribution in [3.63, 3.8) is 0 Å². The first kappa shape index (κ1) is 14.7. The molecule has 2 heterocycles. The van der Waals surface area contributed by atoms with Gasteiger partial charge in [0.25, 0.3) is 0 Å². The van der Waals surface area contributed by atoms with Crippen molar-refractivity contribution in [2.24, 2.45) is 5.73 Å². The zero-order chi connectivity index (χ0) is 14.4. The van der Waals surface area contributed by atoms with Crippen LogP contribution >= 0.6 is 0 Å². The van der Waals surface area contributed by atoms with Crippen LogP contribution in [0.2, 0.25) is 0 Å². The summed E-state index contributed by atoms with van der Waals surface area (Å²) in [5.41, 5.74) is 5.68. The van der Waals surface area contributed by atoms with Gasteiger partial charge in [0.15, 0.2) is 0 Å². The standard InChI is InChI=1S/C14H23N5O/c1-11(15)4-5-14(20)19-9-6-12(7-10-19)17-13-3-2-8-16-18-13/h2-3,8,11-12H,4-7,9-10,15H2,1H3,(H,17,18). The molecule has 1 aromatic rings. The Morgan fingerprint density at radius 2 is 2.30 bits per heavy atom. The molecule has 2 rings (SSSR count). The molecule has 6 nitrogen and oxygen atoms in total. The van der Waals surface area contributed by atoms with E-state index in [1.165, 1.54) is 0 Å². The van der Waals surface area contributed by atoms with Gasteiger partial charge in [0.1, 0.15) is 5.82 Å². The highest BCUT2D eigenvalue weighted by Gasteiger charge is 2.22.